The Bertz CT molecular complexity index is 664. The molecule has 0 bridgehead atoms. The summed E-state index contributed by atoms with van der Waals surface area (Å²) in [5.74, 6) is -0.309. The molecule has 0 aliphatic carbocycles. The number of thiocarbonyl (C=S) groups is 1. The van der Waals surface area contributed by atoms with E-state index in [1.165, 1.54) is 4.90 Å². The molecule has 122 valence electrons. The maximum Gasteiger partial charge on any atom is 0.293 e. The summed E-state index contributed by atoms with van der Waals surface area (Å²) in [5.41, 5.74) is 0.714. The molecule has 23 heavy (non-hydrogen) atoms. The third kappa shape index (κ3) is 4.70. The van der Waals surface area contributed by atoms with Gasteiger partial charge in [0, 0.05) is 24.7 Å². The monoisotopic (exact) mass is 369 g/mol. The van der Waals surface area contributed by atoms with Crippen molar-refractivity contribution in [3.63, 3.8) is 0 Å². The molecule has 0 atom stereocenters. The first kappa shape index (κ1) is 17.8. The van der Waals surface area contributed by atoms with Crippen molar-refractivity contribution in [1.82, 2.24) is 15.5 Å². The molecule has 1 aliphatic heterocycles. The first-order valence-electron chi connectivity index (χ1n) is 7.04. The molecule has 2 amide bonds. The minimum atomic E-state index is -0.309. The number of nitrogens with one attached hydrogen (secondary N) is 2. The lowest BCUT2D eigenvalue weighted by Crippen LogP contribution is -2.41. The summed E-state index contributed by atoms with van der Waals surface area (Å²) in [6, 6.07) is 7.17. The Morgan fingerprint density at radius 2 is 2.09 bits per heavy atom. The molecule has 1 aromatic carbocycles. The minimum absolute atomic E-state index is 0.260. The van der Waals surface area contributed by atoms with E-state index in [2.05, 4.69) is 10.6 Å². The normalized spacial score (nSPS) is 16.1. The molecule has 0 aromatic heterocycles. The number of halogens is 1. The van der Waals surface area contributed by atoms with Crippen LogP contribution in [-0.4, -0.2) is 40.8 Å². The summed E-state index contributed by atoms with van der Waals surface area (Å²) in [6.45, 7) is 3.32. The lowest BCUT2D eigenvalue weighted by molar-refractivity contribution is -0.122. The highest BCUT2D eigenvalue weighted by atomic mass is 35.5. The smallest absolute Gasteiger partial charge is 0.293 e. The number of benzene rings is 1. The SMILES string of the molecule is CCNC(=S)NCCN1C(=O)S/C(=C\c2ccccc2Cl)C1=O. The van der Waals surface area contributed by atoms with Gasteiger partial charge in [0.2, 0.25) is 0 Å². The summed E-state index contributed by atoms with van der Waals surface area (Å²) in [7, 11) is 0. The summed E-state index contributed by atoms with van der Waals surface area (Å²) >= 11 is 12.0. The van der Waals surface area contributed by atoms with E-state index in [4.69, 9.17) is 23.8 Å². The fourth-order valence-corrected chi connectivity index (χ4v) is 3.22. The first-order chi connectivity index (χ1) is 11.0. The maximum absolute atomic E-state index is 12.3. The highest BCUT2D eigenvalue weighted by Crippen LogP contribution is 2.33. The topological polar surface area (TPSA) is 61.4 Å². The number of rotatable bonds is 5. The van der Waals surface area contributed by atoms with Crippen molar-refractivity contribution in [2.24, 2.45) is 0 Å². The van der Waals surface area contributed by atoms with Crippen molar-refractivity contribution in [2.45, 2.75) is 6.92 Å². The van der Waals surface area contributed by atoms with E-state index < -0.39 is 0 Å². The summed E-state index contributed by atoms with van der Waals surface area (Å²) in [6.07, 6.45) is 1.64. The van der Waals surface area contributed by atoms with E-state index in [1.54, 1.807) is 18.2 Å². The molecule has 0 unspecified atom stereocenters. The molecule has 5 nitrogen and oxygen atoms in total. The van der Waals surface area contributed by atoms with Gasteiger partial charge in [-0.15, -0.1) is 0 Å². The van der Waals surface area contributed by atoms with Crippen LogP contribution in [0.2, 0.25) is 5.02 Å². The average molecular weight is 370 g/mol. The van der Waals surface area contributed by atoms with Gasteiger partial charge in [-0.25, -0.2) is 0 Å². The van der Waals surface area contributed by atoms with Crippen LogP contribution >= 0.6 is 35.6 Å². The van der Waals surface area contributed by atoms with Gasteiger partial charge in [-0.3, -0.25) is 14.5 Å². The van der Waals surface area contributed by atoms with Gasteiger partial charge in [0.1, 0.15) is 0 Å². The third-order valence-electron chi connectivity index (χ3n) is 3.02. The largest absolute Gasteiger partial charge is 0.363 e. The average Bonchev–Trinajstić information content (AvgIpc) is 2.77. The molecule has 0 spiro atoms. The van der Waals surface area contributed by atoms with Crippen molar-refractivity contribution < 1.29 is 9.59 Å². The molecule has 1 heterocycles. The van der Waals surface area contributed by atoms with Crippen LogP contribution in [0.15, 0.2) is 29.2 Å². The molecule has 1 fully saturated rings. The Morgan fingerprint density at radius 3 is 2.78 bits per heavy atom. The molecule has 1 saturated heterocycles. The summed E-state index contributed by atoms with van der Waals surface area (Å²) in [4.78, 5) is 25.9. The van der Waals surface area contributed by atoms with E-state index in [0.29, 0.717) is 33.7 Å². The van der Waals surface area contributed by atoms with Gasteiger partial charge < -0.3 is 10.6 Å². The van der Waals surface area contributed by atoms with E-state index >= 15 is 0 Å². The maximum atomic E-state index is 12.3. The standard InChI is InChI=1S/C15H16ClN3O2S2/c1-2-17-14(22)18-7-8-19-13(20)12(23-15(19)21)9-10-5-3-4-6-11(10)16/h3-6,9H,2,7-8H2,1H3,(H2,17,18,22)/b12-9-. The Morgan fingerprint density at radius 1 is 1.35 bits per heavy atom. The minimum Gasteiger partial charge on any atom is -0.363 e. The number of imide groups is 1. The van der Waals surface area contributed by atoms with Gasteiger partial charge in [0.05, 0.1) is 4.91 Å². The van der Waals surface area contributed by atoms with Gasteiger partial charge in [-0.1, -0.05) is 29.8 Å². The molecule has 0 radical (unpaired) electrons. The van der Waals surface area contributed by atoms with Gasteiger partial charge in [-0.05, 0) is 48.6 Å². The van der Waals surface area contributed by atoms with Crippen molar-refractivity contribution in [3.8, 4) is 0 Å². The fraction of sp³-hybridized carbons (Fsp3) is 0.267. The quantitative estimate of drug-likeness (QED) is 0.614. The fourth-order valence-electron chi connectivity index (χ4n) is 1.93. The Kier molecular flexibility index (Phi) is 6.44. The Balaban J connectivity index is 2.00. The second kappa shape index (κ2) is 8.33. The summed E-state index contributed by atoms with van der Waals surface area (Å²) < 4.78 is 0. The van der Waals surface area contributed by atoms with Crippen LogP contribution in [-0.2, 0) is 4.79 Å². The number of nitrogens with zero attached hydrogens (tertiary/aromatic N) is 1. The first-order valence-corrected chi connectivity index (χ1v) is 8.64. The number of carbonyl (C=O) groups is 2. The molecule has 2 N–H and O–H groups in total. The van der Waals surface area contributed by atoms with Crippen LogP contribution in [0.25, 0.3) is 6.08 Å². The van der Waals surface area contributed by atoms with Crippen LogP contribution in [0.1, 0.15) is 12.5 Å². The molecule has 1 aliphatic rings. The second-order valence-corrected chi connectivity index (χ2v) is 6.45. The van der Waals surface area contributed by atoms with E-state index in [9.17, 15) is 9.59 Å². The predicted molar refractivity (Wildman–Crippen MR) is 98.4 cm³/mol. The lowest BCUT2D eigenvalue weighted by Gasteiger charge is -2.14. The predicted octanol–water partition coefficient (Wildman–Crippen LogP) is 2.86. The van der Waals surface area contributed by atoms with Crippen LogP contribution in [0.3, 0.4) is 0 Å². The van der Waals surface area contributed by atoms with E-state index in [-0.39, 0.29) is 17.7 Å². The Labute approximate surface area is 149 Å². The lowest BCUT2D eigenvalue weighted by atomic mass is 10.2. The number of hydrogen-bond donors (Lipinski definition) is 2. The number of carbonyl (C=O) groups excluding carboxylic acids is 2. The zero-order valence-electron chi connectivity index (χ0n) is 12.5. The van der Waals surface area contributed by atoms with Gasteiger partial charge >= 0.3 is 0 Å². The van der Waals surface area contributed by atoms with Crippen molar-refractivity contribution >= 4 is 57.9 Å². The molecule has 8 heteroatoms. The summed E-state index contributed by atoms with van der Waals surface area (Å²) in [5, 5.41) is 6.65. The number of thioether (sulfide) groups is 1. The molecular formula is C15H16ClN3O2S2. The highest BCUT2D eigenvalue weighted by Gasteiger charge is 2.34. The van der Waals surface area contributed by atoms with Crippen molar-refractivity contribution in [3.05, 3.63) is 39.8 Å². The van der Waals surface area contributed by atoms with Crippen LogP contribution in [0.4, 0.5) is 4.79 Å². The molecule has 1 aromatic rings. The zero-order chi connectivity index (χ0) is 16.8. The highest BCUT2D eigenvalue weighted by molar-refractivity contribution is 8.18. The number of hydrogen-bond acceptors (Lipinski definition) is 4. The van der Waals surface area contributed by atoms with Crippen LogP contribution in [0.5, 0.6) is 0 Å². The van der Waals surface area contributed by atoms with Gasteiger partial charge in [-0.2, -0.15) is 0 Å². The Hall–Kier alpha value is -1.57. The molecular weight excluding hydrogens is 354 g/mol. The van der Waals surface area contributed by atoms with Gasteiger partial charge in [0.25, 0.3) is 11.1 Å². The van der Waals surface area contributed by atoms with Crippen molar-refractivity contribution in [2.75, 3.05) is 19.6 Å². The van der Waals surface area contributed by atoms with Crippen LogP contribution in [0, 0.1) is 0 Å². The van der Waals surface area contributed by atoms with E-state index in [0.717, 1.165) is 11.8 Å². The second-order valence-electron chi connectivity index (χ2n) is 4.64. The molecule has 0 saturated carbocycles. The number of amides is 2. The third-order valence-corrected chi connectivity index (χ3v) is 4.56. The van der Waals surface area contributed by atoms with Crippen LogP contribution < -0.4 is 10.6 Å². The van der Waals surface area contributed by atoms with E-state index in [1.807, 2.05) is 19.1 Å². The molecule has 2 rings (SSSR count). The van der Waals surface area contributed by atoms with Crippen molar-refractivity contribution in [1.29, 1.82) is 0 Å². The zero-order valence-corrected chi connectivity index (χ0v) is 14.9. The van der Waals surface area contributed by atoms with Gasteiger partial charge in [0.15, 0.2) is 5.11 Å².